The molecule has 0 spiro atoms. The van der Waals surface area contributed by atoms with E-state index in [-0.39, 0.29) is 11.9 Å². The van der Waals surface area contributed by atoms with E-state index in [1.165, 1.54) is 6.20 Å². The summed E-state index contributed by atoms with van der Waals surface area (Å²) in [7, 11) is 1.75. The summed E-state index contributed by atoms with van der Waals surface area (Å²) >= 11 is 11.4. The lowest BCUT2D eigenvalue weighted by Gasteiger charge is -2.28. The highest BCUT2D eigenvalue weighted by Gasteiger charge is 2.35. The predicted molar refractivity (Wildman–Crippen MR) is 118 cm³/mol. The van der Waals surface area contributed by atoms with Crippen molar-refractivity contribution in [1.29, 1.82) is 0 Å². The van der Waals surface area contributed by atoms with Crippen LogP contribution in [0.15, 0.2) is 53.3 Å². The molecular formula is C21H26Cl2N4O2. The van der Waals surface area contributed by atoms with Gasteiger partial charge in [-0.2, -0.15) is 0 Å². The van der Waals surface area contributed by atoms with E-state index >= 15 is 0 Å². The Kier molecular flexibility index (Phi) is 9.22. The maximum Gasteiger partial charge on any atom is 0.322 e. The van der Waals surface area contributed by atoms with Gasteiger partial charge < -0.3 is 15.1 Å². The molecule has 8 heteroatoms. The lowest BCUT2D eigenvalue weighted by atomic mass is 10.1. The molecule has 1 atom stereocenters. The number of likely N-dealkylation sites (tertiary alicyclic amines) is 1. The second-order valence-corrected chi connectivity index (χ2v) is 7.38. The van der Waals surface area contributed by atoms with E-state index in [1.807, 2.05) is 25.1 Å². The SMILES string of the molecule is CC/C=C\C(=C/N=CCl)NC(=O)N1CCC[C@@H]1C(=O)N(C)Cc1ccc(Cl)cc1. The van der Waals surface area contributed by atoms with Gasteiger partial charge in [0, 0.05) is 25.2 Å². The second kappa shape index (κ2) is 11.6. The number of hydrogen-bond donors (Lipinski definition) is 1. The van der Waals surface area contributed by atoms with Crippen LogP contribution >= 0.6 is 23.2 Å². The molecule has 3 amide bonds. The molecule has 1 aromatic rings. The number of carbonyl (C=O) groups is 2. The minimum Gasteiger partial charge on any atom is -0.340 e. The zero-order chi connectivity index (χ0) is 21.2. The molecule has 156 valence electrons. The molecular weight excluding hydrogens is 411 g/mol. The average Bonchev–Trinajstić information content (AvgIpc) is 3.21. The highest BCUT2D eigenvalue weighted by molar-refractivity contribution is 6.56. The van der Waals surface area contributed by atoms with Gasteiger partial charge in [0.05, 0.1) is 17.6 Å². The summed E-state index contributed by atoms with van der Waals surface area (Å²) in [4.78, 5) is 32.8. The number of hydrogen-bond acceptors (Lipinski definition) is 3. The maximum absolute atomic E-state index is 13.0. The molecule has 0 bridgehead atoms. The molecule has 1 N–H and O–H groups in total. The normalized spacial score (nSPS) is 17.3. The van der Waals surface area contributed by atoms with Crippen molar-refractivity contribution in [2.45, 2.75) is 38.8 Å². The monoisotopic (exact) mass is 436 g/mol. The number of rotatable bonds is 7. The van der Waals surface area contributed by atoms with Crippen LogP contribution < -0.4 is 5.32 Å². The first-order valence-electron chi connectivity index (χ1n) is 9.51. The zero-order valence-electron chi connectivity index (χ0n) is 16.6. The number of carbonyl (C=O) groups excluding carboxylic acids is 2. The van der Waals surface area contributed by atoms with Gasteiger partial charge in [-0.15, -0.1) is 0 Å². The van der Waals surface area contributed by atoms with E-state index in [0.29, 0.717) is 30.2 Å². The summed E-state index contributed by atoms with van der Waals surface area (Å²) in [5.74, 6) is -0.0824. The van der Waals surface area contributed by atoms with E-state index in [0.717, 1.165) is 24.1 Å². The maximum atomic E-state index is 13.0. The molecule has 0 aromatic heterocycles. The zero-order valence-corrected chi connectivity index (χ0v) is 18.2. The number of benzene rings is 1. The quantitative estimate of drug-likeness (QED) is 0.503. The molecule has 0 saturated carbocycles. The van der Waals surface area contributed by atoms with Gasteiger partial charge in [-0.1, -0.05) is 48.3 Å². The van der Waals surface area contributed by atoms with Crippen LogP contribution in [0.2, 0.25) is 5.02 Å². The summed E-state index contributed by atoms with van der Waals surface area (Å²) < 4.78 is 0. The van der Waals surface area contributed by atoms with Crippen molar-refractivity contribution >= 4 is 40.8 Å². The lowest BCUT2D eigenvalue weighted by Crippen LogP contribution is -2.49. The Labute approximate surface area is 181 Å². The Bertz CT molecular complexity index is 790. The number of amides is 3. The fourth-order valence-electron chi connectivity index (χ4n) is 3.13. The van der Waals surface area contributed by atoms with Crippen molar-refractivity contribution in [2.24, 2.45) is 4.99 Å². The average molecular weight is 437 g/mol. The first-order chi connectivity index (χ1) is 14.0. The third-order valence-electron chi connectivity index (χ3n) is 4.56. The molecule has 29 heavy (non-hydrogen) atoms. The lowest BCUT2D eigenvalue weighted by molar-refractivity contribution is -0.134. The Morgan fingerprint density at radius 2 is 2.07 bits per heavy atom. The predicted octanol–water partition coefficient (Wildman–Crippen LogP) is 4.55. The van der Waals surface area contributed by atoms with E-state index in [4.69, 9.17) is 23.2 Å². The number of likely N-dealkylation sites (N-methyl/N-ethyl adjacent to an activating group) is 1. The minimum absolute atomic E-state index is 0.0824. The molecule has 1 saturated heterocycles. The second-order valence-electron chi connectivity index (χ2n) is 6.74. The first-order valence-corrected chi connectivity index (χ1v) is 10.3. The molecule has 0 aliphatic carbocycles. The third-order valence-corrected chi connectivity index (χ3v) is 4.93. The van der Waals surface area contributed by atoms with Crippen LogP contribution in [0.25, 0.3) is 0 Å². The molecule has 1 heterocycles. The Morgan fingerprint density at radius 3 is 2.72 bits per heavy atom. The highest BCUT2D eigenvalue weighted by Crippen LogP contribution is 2.21. The van der Waals surface area contributed by atoms with Gasteiger partial charge in [0.2, 0.25) is 5.91 Å². The summed E-state index contributed by atoms with van der Waals surface area (Å²) in [6.45, 7) is 2.98. The molecule has 0 radical (unpaired) electrons. The van der Waals surface area contributed by atoms with Crippen molar-refractivity contribution in [3.8, 4) is 0 Å². The molecule has 1 aliphatic rings. The van der Waals surface area contributed by atoms with Crippen LogP contribution in [-0.2, 0) is 11.3 Å². The Balaban J connectivity index is 2.04. The van der Waals surface area contributed by atoms with Crippen molar-refractivity contribution < 1.29 is 9.59 Å². The third kappa shape index (κ3) is 6.91. The minimum atomic E-state index is -0.486. The van der Waals surface area contributed by atoms with Gasteiger partial charge in [0.25, 0.3) is 0 Å². The molecule has 1 fully saturated rings. The van der Waals surface area contributed by atoms with E-state index in [2.05, 4.69) is 10.3 Å². The van der Waals surface area contributed by atoms with Crippen molar-refractivity contribution in [1.82, 2.24) is 15.1 Å². The van der Waals surface area contributed by atoms with Crippen molar-refractivity contribution in [2.75, 3.05) is 13.6 Å². The Hall–Kier alpha value is -2.31. The molecule has 1 aromatic carbocycles. The Morgan fingerprint density at radius 1 is 1.34 bits per heavy atom. The van der Waals surface area contributed by atoms with E-state index in [1.54, 1.807) is 35.1 Å². The summed E-state index contributed by atoms with van der Waals surface area (Å²) in [5, 5.41) is 3.47. The fourth-order valence-corrected chi connectivity index (χ4v) is 3.31. The number of nitrogens with zero attached hydrogens (tertiary/aromatic N) is 3. The van der Waals surface area contributed by atoms with Gasteiger partial charge in [-0.05, 0) is 43.0 Å². The van der Waals surface area contributed by atoms with Crippen LogP contribution in [0, 0.1) is 0 Å². The number of allylic oxidation sites excluding steroid dienone is 2. The van der Waals surface area contributed by atoms with Crippen LogP contribution in [0.4, 0.5) is 4.79 Å². The van der Waals surface area contributed by atoms with Crippen LogP contribution in [-0.4, -0.2) is 47.0 Å². The summed E-state index contributed by atoms with van der Waals surface area (Å²) in [5.41, 5.74) is 2.62. The van der Waals surface area contributed by atoms with Gasteiger partial charge >= 0.3 is 6.03 Å². The number of aliphatic imine (C=N–C) groups is 1. The number of nitrogens with one attached hydrogen (secondary N) is 1. The number of urea groups is 1. The van der Waals surface area contributed by atoms with Gasteiger partial charge in [-0.25, -0.2) is 4.79 Å². The van der Waals surface area contributed by atoms with E-state index in [9.17, 15) is 9.59 Å². The topological polar surface area (TPSA) is 65.0 Å². The molecule has 6 nitrogen and oxygen atoms in total. The van der Waals surface area contributed by atoms with Crippen LogP contribution in [0.5, 0.6) is 0 Å². The smallest absolute Gasteiger partial charge is 0.322 e. The van der Waals surface area contributed by atoms with Crippen LogP contribution in [0.3, 0.4) is 0 Å². The fraction of sp³-hybridized carbons (Fsp3) is 0.381. The largest absolute Gasteiger partial charge is 0.340 e. The first kappa shape index (κ1) is 23.0. The summed E-state index contributed by atoms with van der Waals surface area (Å²) in [6.07, 6.45) is 7.38. The summed E-state index contributed by atoms with van der Waals surface area (Å²) in [6, 6.07) is 6.56. The molecule has 1 aliphatic heterocycles. The molecule has 0 unspecified atom stereocenters. The van der Waals surface area contributed by atoms with Crippen molar-refractivity contribution in [3.05, 3.63) is 58.9 Å². The van der Waals surface area contributed by atoms with Gasteiger partial charge in [-0.3, -0.25) is 9.79 Å². The highest BCUT2D eigenvalue weighted by atomic mass is 35.5. The van der Waals surface area contributed by atoms with Crippen LogP contribution in [0.1, 0.15) is 31.7 Å². The van der Waals surface area contributed by atoms with Gasteiger partial charge in [0.1, 0.15) is 6.04 Å². The van der Waals surface area contributed by atoms with E-state index < -0.39 is 6.04 Å². The number of halogens is 2. The van der Waals surface area contributed by atoms with Crippen molar-refractivity contribution in [3.63, 3.8) is 0 Å². The molecule has 2 rings (SSSR count). The standard InChI is InChI=1S/C21H26Cl2N4O2/c1-3-4-6-18(13-24-15-22)25-21(29)27-12-5-7-19(27)20(28)26(2)14-16-8-10-17(23)11-9-16/h4,6,8-11,13,15,19H,3,5,7,12,14H2,1-2H3,(H,25,29)/b6-4-,18-13+,24-15?/t19-/m1/s1. The van der Waals surface area contributed by atoms with Gasteiger partial charge in [0.15, 0.2) is 0 Å².